The average molecular weight is 234 g/mol. The van der Waals surface area contributed by atoms with Gasteiger partial charge in [0, 0.05) is 12.5 Å². The Morgan fingerprint density at radius 1 is 1.92 bits per heavy atom. The minimum atomic E-state index is -0.893. The fraction of sp³-hybridized carbons (Fsp3) is 0.429. The maximum atomic E-state index is 10.4. The van der Waals surface area contributed by atoms with Crippen molar-refractivity contribution < 1.29 is 14.4 Å². The van der Waals surface area contributed by atoms with Gasteiger partial charge in [0.25, 0.3) is 0 Å². The highest BCUT2D eigenvalue weighted by atomic mass is 79.9. The van der Waals surface area contributed by atoms with Crippen molar-refractivity contribution in [3.8, 4) is 0 Å². The summed E-state index contributed by atoms with van der Waals surface area (Å²) in [6.07, 6.45) is 0.340. The number of halogens is 1. The second-order valence-electron chi connectivity index (χ2n) is 2.44. The number of aliphatic carboxylic acids is 1. The first-order chi connectivity index (χ1) is 5.59. The lowest BCUT2D eigenvalue weighted by Crippen LogP contribution is -2.15. The molecule has 12 heavy (non-hydrogen) atoms. The number of aromatic nitrogens is 1. The molecule has 1 rings (SSSR count). The molecule has 1 aromatic rings. The number of alkyl halides is 1. The van der Waals surface area contributed by atoms with Crippen molar-refractivity contribution in [1.82, 2.24) is 5.16 Å². The molecule has 0 radical (unpaired) electrons. The molecule has 0 fully saturated rings. The van der Waals surface area contributed by atoms with Crippen LogP contribution in [0.5, 0.6) is 0 Å². The first-order valence-electron chi connectivity index (χ1n) is 3.38. The van der Waals surface area contributed by atoms with Crippen LogP contribution >= 0.6 is 15.9 Å². The van der Waals surface area contributed by atoms with E-state index in [-0.39, 0.29) is 0 Å². The van der Waals surface area contributed by atoms with E-state index in [2.05, 4.69) is 21.1 Å². The summed E-state index contributed by atoms with van der Waals surface area (Å²) in [5.74, 6) is -0.203. The molecule has 0 amide bonds. The average Bonchev–Trinajstić information content (AvgIpc) is 2.35. The van der Waals surface area contributed by atoms with E-state index in [1.54, 1.807) is 13.0 Å². The fourth-order valence-electron chi connectivity index (χ4n) is 0.785. The SMILES string of the molecule is Cc1cc(C[C@@H](Br)C(=O)O)no1. The van der Waals surface area contributed by atoms with E-state index in [0.717, 1.165) is 0 Å². The Hall–Kier alpha value is -0.840. The minimum Gasteiger partial charge on any atom is -0.480 e. The van der Waals surface area contributed by atoms with Crippen molar-refractivity contribution in [2.75, 3.05) is 0 Å². The zero-order valence-electron chi connectivity index (χ0n) is 6.45. The number of hydrogen-bond acceptors (Lipinski definition) is 3. The molecule has 1 heterocycles. The summed E-state index contributed by atoms with van der Waals surface area (Å²) in [4.78, 5) is 9.81. The van der Waals surface area contributed by atoms with Crippen LogP contribution in [0.15, 0.2) is 10.6 Å². The summed E-state index contributed by atoms with van der Waals surface area (Å²) in [5, 5.41) is 12.2. The lowest BCUT2D eigenvalue weighted by molar-refractivity contribution is -0.136. The predicted octanol–water partition coefficient (Wildman–Crippen LogP) is 1.37. The number of carbonyl (C=O) groups is 1. The standard InChI is InChI=1S/C7H8BrNO3/c1-4-2-5(9-12-4)3-6(8)7(10)11/h2,6H,3H2,1H3,(H,10,11)/t6-/m1/s1. The summed E-state index contributed by atoms with van der Waals surface area (Å²) >= 11 is 3.01. The normalized spacial score (nSPS) is 12.8. The zero-order chi connectivity index (χ0) is 9.14. The van der Waals surface area contributed by atoms with Gasteiger partial charge in [0.05, 0.1) is 5.69 Å². The molecule has 0 aliphatic heterocycles. The number of hydrogen-bond donors (Lipinski definition) is 1. The molecule has 5 heteroatoms. The number of aryl methyl sites for hydroxylation is 1. The number of nitrogens with zero attached hydrogens (tertiary/aromatic N) is 1. The summed E-state index contributed by atoms with van der Waals surface area (Å²) in [6.45, 7) is 1.76. The van der Waals surface area contributed by atoms with Crippen LogP contribution in [0.4, 0.5) is 0 Å². The Morgan fingerprint density at radius 3 is 3.00 bits per heavy atom. The van der Waals surface area contributed by atoms with Gasteiger partial charge >= 0.3 is 5.97 Å². The van der Waals surface area contributed by atoms with E-state index in [1.807, 2.05) is 0 Å². The van der Waals surface area contributed by atoms with Crippen molar-refractivity contribution in [2.24, 2.45) is 0 Å². The fourth-order valence-corrected chi connectivity index (χ4v) is 1.12. The molecule has 1 aromatic heterocycles. The Balaban J connectivity index is 2.58. The highest BCUT2D eigenvalue weighted by Crippen LogP contribution is 2.10. The van der Waals surface area contributed by atoms with Crippen molar-refractivity contribution in [2.45, 2.75) is 18.2 Å². The van der Waals surface area contributed by atoms with Gasteiger partial charge in [-0.25, -0.2) is 0 Å². The Kier molecular flexibility index (Phi) is 2.86. The molecule has 0 saturated heterocycles. The van der Waals surface area contributed by atoms with E-state index in [1.165, 1.54) is 0 Å². The quantitative estimate of drug-likeness (QED) is 0.802. The van der Waals surface area contributed by atoms with Gasteiger partial charge in [-0.2, -0.15) is 0 Å². The molecule has 0 unspecified atom stereocenters. The van der Waals surface area contributed by atoms with E-state index in [0.29, 0.717) is 17.9 Å². The molecule has 4 nitrogen and oxygen atoms in total. The van der Waals surface area contributed by atoms with E-state index >= 15 is 0 Å². The van der Waals surface area contributed by atoms with E-state index < -0.39 is 10.8 Å². The second-order valence-corrected chi connectivity index (χ2v) is 3.54. The topological polar surface area (TPSA) is 63.3 Å². The number of carboxylic acids is 1. The smallest absolute Gasteiger partial charge is 0.317 e. The van der Waals surface area contributed by atoms with E-state index in [4.69, 9.17) is 9.63 Å². The van der Waals surface area contributed by atoms with Crippen molar-refractivity contribution >= 4 is 21.9 Å². The molecule has 0 bridgehead atoms. The van der Waals surface area contributed by atoms with Gasteiger partial charge < -0.3 is 9.63 Å². The summed E-state index contributed by atoms with van der Waals surface area (Å²) < 4.78 is 4.78. The third kappa shape index (κ3) is 2.34. The van der Waals surface area contributed by atoms with Crippen LogP contribution in [0.25, 0.3) is 0 Å². The van der Waals surface area contributed by atoms with Gasteiger partial charge in [-0.15, -0.1) is 0 Å². The van der Waals surface area contributed by atoms with Crippen LogP contribution in [0.2, 0.25) is 0 Å². The molecule has 0 saturated carbocycles. The third-order valence-corrected chi connectivity index (χ3v) is 2.05. The molecule has 1 N–H and O–H groups in total. The van der Waals surface area contributed by atoms with Gasteiger partial charge in [0.15, 0.2) is 0 Å². The van der Waals surface area contributed by atoms with Gasteiger partial charge in [-0.05, 0) is 6.92 Å². The first kappa shape index (κ1) is 9.25. The minimum absolute atomic E-state index is 0.340. The lowest BCUT2D eigenvalue weighted by atomic mass is 10.2. The van der Waals surface area contributed by atoms with Crippen molar-refractivity contribution in [3.63, 3.8) is 0 Å². The van der Waals surface area contributed by atoms with E-state index in [9.17, 15) is 4.79 Å². The van der Waals surface area contributed by atoms with Gasteiger partial charge in [-0.3, -0.25) is 4.79 Å². The molecular weight excluding hydrogens is 226 g/mol. The number of carboxylic acid groups (broad SMARTS) is 1. The summed E-state index contributed by atoms with van der Waals surface area (Å²) in [7, 11) is 0. The molecule has 0 aliphatic carbocycles. The molecule has 66 valence electrons. The van der Waals surface area contributed by atoms with Gasteiger partial charge in [0.2, 0.25) is 0 Å². The lowest BCUT2D eigenvalue weighted by Gasteiger charge is -1.98. The van der Waals surface area contributed by atoms with Crippen LogP contribution in [-0.4, -0.2) is 21.1 Å². The highest BCUT2D eigenvalue weighted by molar-refractivity contribution is 9.10. The predicted molar refractivity (Wildman–Crippen MR) is 45.3 cm³/mol. The summed E-state index contributed by atoms with van der Waals surface area (Å²) in [6, 6.07) is 1.72. The molecule has 0 aromatic carbocycles. The Morgan fingerprint density at radius 2 is 2.58 bits per heavy atom. The van der Waals surface area contributed by atoms with Crippen LogP contribution < -0.4 is 0 Å². The summed E-state index contributed by atoms with van der Waals surface area (Å²) in [5.41, 5.74) is 0.650. The maximum absolute atomic E-state index is 10.4. The molecular formula is C7H8BrNO3. The largest absolute Gasteiger partial charge is 0.480 e. The van der Waals surface area contributed by atoms with Crippen LogP contribution in [0, 0.1) is 6.92 Å². The molecule has 1 atom stereocenters. The van der Waals surface area contributed by atoms with Crippen LogP contribution in [0.1, 0.15) is 11.5 Å². The van der Waals surface area contributed by atoms with Crippen molar-refractivity contribution in [1.29, 1.82) is 0 Å². The van der Waals surface area contributed by atoms with Crippen LogP contribution in [-0.2, 0) is 11.2 Å². The van der Waals surface area contributed by atoms with Crippen LogP contribution in [0.3, 0.4) is 0 Å². The third-order valence-electron chi connectivity index (χ3n) is 1.33. The highest BCUT2D eigenvalue weighted by Gasteiger charge is 2.15. The Bertz CT molecular complexity index is 284. The maximum Gasteiger partial charge on any atom is 0.317 e. The van der Waals surface area contributed by atoms with Gasteiger partial charge in [0.1, 0.15) is 10.6 Å². The first-order valence-corrected chi connectivity index (χ1v) is 4.30. The second kappa shape index (κ2) is 3.71. The van der Waals surface area contributed by atoms with Gasteiger partial charge in [-0.1, -0.05) is 21.1 Å². The molecule has 0 aliphatic rings. The number of rotatable bonds is 3. The molecule has 0 spiro atoms. The monoisotopic (exact) mass is 233 g/mol. The zero-order valence-corrected chi connectivity index (χ0v) is 8.04. The van der Waals surface area contributed by atoms with Crippen molar-refractivity contribution in [3.05, 3.63) is 17.5 Å². The Labute approximate surface area is 77.7 Å².